The van der Waals surface area contributed by atoms with E-state index in [9.17, 15) is 4.79 Å². The van der Waals surface area contributed by atoms with Crippen LogP contribution in [0.25, 0.3) is 10.6 Å². The van der Waals surface area contributed by atoms with Gasteiger partial charge in [-0.05, 0) is 12.1 Å². The fourth-order valence-electron chi connectivity index (χ4n) is 1.18. The zero-order valence-electron chi connectivity index (χ0n) is 7.10. The van der Waals surface area contributed by atoms with E-state index in [-0.39, 0.29) is 0 Å². The van der Waals surface area contributed by atoms with Crippen molar-refractivity contribution in [1.82, 2.24) is 9.55 Å². The van der Waals surface area contributed by atoms with Crippen molar-refractivity contribution in [3.8, 4) is 10.6 Å². The third kappa shape index (κ3) is 1.40. The summed E-state index contributed by atoms with van der Waals surface area (Å²) in [5.41, 5.74) is 1.09. The van der Waals surface area contributed by atoms with E-state index in [1.54, 1.807) is 6.20 Å². The van der Waals surface area contributed by atoms with Crippen molar-refractivity contribution in [2.45, 2.75) is 0 Å². The van der Waals surface area contributed by atoms with Crippen LogP contribution in [0.3, 0.4) is 0 Å². The van der Waals surface area contributed by atoms with Crippen LogP contribution in [-0.2, 0) is 7.05 Å². The number of thiazole rings is 1. The third-order valence-corrected chi connectivity index (χ3v) is 2.77. The highest BCUT2D eigenvalue weighted by Crippen LogP contribution is 2.24. The second-order valence-electron chi connectivity index (χ2n) is 2.68. The molecule has 0 fully saturated rings. The molecule has 2 aromatic rings. The second-order valence-corrected chi connectivity index (χ2v) is 3.75. The summed E-state index contributed by atoms with van der Waals surface area (Å²) in [7, 11) is 1.97. The monoisotopic (exact) mass is 192 g/mol. The van der Waals surface area contributed by atoms with Gasteiger partial charge in [-0.1, -0.05) is 0 Å². The zero-order valence-corrected chi connectivity index (χ0v) is 7.91. The van der Waals surface area contributed by atoms with Crippen molar-refractivity contribution in [3.63, 3.8) is 0 Å². The molecule has 0 saturated carbocycles. The highest BCUT2D eigenvalue weighted by Gasteiger charge is 2.05. The van der Waals surface area contributed by atoms with Crippen molar-refractivity contribution in [2.75, 3.05) is 0 Å². The lowest BCUT2D eigenvalue weighted by molar-refractivity contribution is 0.112. The third-order valence-electron chi connectivity index (χ3n) is 1.82. The Kier molecular flexibility index (Phi) is 1.98. The van der Waals surface area contributed by atoms with E-state index in [2.05, 4.69) is 4.98 Å². The molecule has 13 heavy (non-hydrogen) atoms. The fourth-order valence-corrected chi connectivity index (χ4v) is 1.98. The highest BCUT2D eigenvalue weighted by molar-refractivity contribution is 7.16. The smallest absolute Gasteiger partial charge is 0.178 e. The van der Waals surface area contributed by atoms with Crippen LogP contribution in [0.5, 0.6) is 0 Å². The van der Waals surface area contributed by atoms with E-state index in [0.717, 1.165) is 16.9 Å². The van der Waals surface area contributed by atoms with Gasteiger partial charge in [0, 0.05) is 19.4 Å². The average molecular weight is 192 g/mol. The number of hydrogen-bond acceptors (Lipinski definition) is 3. The Balaban J connectivity index is 2.46. The summed E-state index contributed by atoms with van der Waals surface area (Å²) in [6.45, 7) is 0. The molecule has 4 heteroatoms. The van der Waals surface area contributed by atoms with Crippen LogP contribution < -0.4 is 0 Å². The van der Waals surface area contributed by atoms with Gasteiger partial charge in [-0.25, -0.2) is 4.98 Å². The van der Waals surface area contributed by atoms with Gasteiger partial charge in [-0.3, -0.25) is 4.79 Å². The van der Waals surface area contributed by atoms with Gasteiger partial charge in [-0.15, -0.1) is 11.3 Å². The summed E-state index contributed by atoms with van der Waals surface area (Å²) >= 11 is 1.40. The molecule has 0 unspecified atom stereocenters. The first-order valence-electron chi connectivity index (χ1n) is 3.84. The number of aryl methyl sites for hydroxylation is 1. The van der Waals surface area contributed by atoms with Crippen molar-refractivity contribution in [3.05, 3.63) is 29.5 Å². The molecule has 0 spiro atoms. The van der Waals surface area contributed by atoms with Gasteiger partial charge in [0.2, 0.25) is 0 Å². The highest BCUT2D eigenvalue weighted by atomic mass is 32.1. The van der Waals surface area contributed by atoms with Crippen LogP contribution in [0.15, 0.2) is 24.5 Å². The molecule has 3 nitrogen and oxygen atoms in total. The summed E-state index contributed by atoms with van der Waals surface area (Å²) in [6, 6.07) is 3.97. The number of rotatable bonds is 2. The van der Waals surface area contributed by atoms with E-state index >= 15 is 0 Å². The molecule has 2 rings (SSSR count). The fraction of sp³-hybridized carbons (Fsp3) is 0.111. The molecule has 0 aliphatic rings. The van der Waals surface area contributed by atoms with Gasteiger partial charge in [0.1, 0.15) is 0 Å². The maximum atomic E-state index is 10.4. The van der Waals surface area contributed by atoms with Gasteiger partial charge in [-0.2, -0.15) is 0 Å². The molecule has 0 aliphatic heterocycles. The van der Waals surface area contributed by atoms with Crippen molar-refractivity contribution >= 4 is 17.6 Å². The normalized spacial score (nSPS) is 10.2. The van der Waals surface area contributed by atoms with E-state index in [1.165, 1.54) is 11.3 Å². The van der Waals surface area contributed by atoms with Crippen LogP contribution in [-0.4, -0.2) is 15.8 Å². The molecule has 2 heterocycles. The standard InChI is InChI=1S/C9H8N2OS/c1-11-4-2-3-7(11)8-5-10-9(6-12)13-8/h2-6H,1H3. The summed E-state index contributed by atoms with van der Waals surface area (Å²) in [4.78, 5) is 15.4. The first kappa shape index (κ1) is 8.19. The molecule has 0 radical (unpaired) electrons. The van der Waals surface area contributed by atoms with Crippen LogP contribution in [0.4, 0.5) is 0 Å². The lowest BCUT2D eigenvalue weighted by atomic mass is 10.4. The van der Waals surface area contributed by atoms with Gasteiger partial charge in [0.05, 0.1) is 10.6 Å². The van der Waals surface area contributed by atoms with E-state index in [1.807, 2.05) is 29.9 Å². The molecule has 0 N–H and O–H groups in total. The first-order chi connectivity index (χ1) is 6.31. The molecule has 0 aliphatic carbocycles. The molecule has 2 aromatic heterocycles. The van der Waals surface area contributed by atoms with Crippen molar-refractivity contribution in [1.29, 1.82) is 0 Å². The van der Waals surface area contributed by atoms with Crippen LogP contribution in [0, 0.1) is 0 Å². The minimum absolute atomic E-state index is 0.524. The van der Waals surface area contributed by atoms with Gasteiger partial charge >= 0.3 is 0 Å². The SMILES string of the molecule is Cn1cccc1-c1cnc(C=O)s1. The van der Waals surface area contributed by atoms with Crippen LogP contribution >= 0.6 is 11.3 Å². The second kappa shape index (κ2) is 3.14. The summed E-state index contributed by atoms with van der Waals surface area (Å²) < 4.78 is 2.00. The van der Waals surface area contributed by atoms with Crippen molar-refractivity contribution in [2.24, 2.45) is 7.05 Å². The minimum Gasteiger partial charge on any atom is -0.350 e. The summed E-state index contributed by atoms with van der Waals surface area (Å²) in [5, 5.41) is 0.524. The molecule has 0 aromatic carbocycles. The molecule has 0 bridgehead atoms. The van der Waals surface area contributed by atoms with Crippen molar-refractivity contribution < 1.29 is 4.79 Å². The Labute approximate surface area is 79.7 Å². The van der Waals surface area contributed by atoms with Gasteiger partial charge in [0.25, 0.3) is 0 Å². The lowest BCUT2D eigenvalue weighted by Crippen LogP contribution is -1.85. The largest absolute Gasteiger partial charge is 0.350 e. The molecule has 0 amide bonds. The Morgan fingerprint density at radius 3 is 3.00 bits per heavy atom. The first-order valence-corrected chi connectivity index (χ1v) is 4.65. The Morgan fingerprint density at radius 2 is 2.46 bits per heavy atom. The predicted molar refractivity (Wildman–Crippen MR) is 51.9 cm³/mol. The molecule has 0 atom stereocenters. The number of carbonyl (C=O) groups excluding carboxylic acids is 1. The molecule has 0 saturated heterocycles. The average Bonchev–Trinajstić information content (AvgIpc) is 2.71. The Bertz CT molecular complexity index is 430. The van der Waals surface area contributed by atoms with Crippen LogP contribution in [0.2, 0.25) is 0 Å². The Morgan fingerprint density at radius 1 is 1.62 bits per heavy atom. The summed E-state index contributed by atoms with van der Waals surface area (Å²) in [6.07, 6.45) is 4.47. The predicted octanol–water partition coefficient (Wildman–Crippen LogP) is 1.96. The lowest BCUT2D eigenvalue weighted by Gasteiger charge is -1.96. The molecular weight excluding hydrogens is 184 g/mol. The Hall–Kier alpha value is -1.42. The van der Waals surface area contributed by atoms with E-state index in [4.69, 9.17) is 0 Å². The number of aldehydes is 1. The number of hydrogen-bond donors (Lipinski definition) is 0. The van der Waals surface area contributed by atoms with Gasteiger partial charge < -0.3 is 4.57 Å². The number of aromatic nitrogens is 2. The van der Waals surface area contributed by atoms with Crippen LogP contribution in [0.1, 0.15) is 9.80 Å². The zero-order chi connectivity index (χ0) is 9.26. The van der Waals surface area contributed by atoms with E-state index in [0.29, 0.717) is 5.01 Å². The van der Waals surface area contributed by atoms with E-state index < -0.39 is 0 Å². The number of carbonyl (C=O) groups is 1. The summed E-state index contributed by atoms with van der Waals surface area (Å²) in [5.74, 6) is 0. The topological polar surface area (TPSA) is 34.9 Å². The minimum atomic E-state index is 0.524. The molecular formula is C9H8N2OS. The van der Waals surface area contributed by atoms with Gasteiger partial charge in [0.15, 0.2) is 11.3 Å². The molecule has 66 valence electrons. The maximum absolute atomic E-state index is 10.4. The number of nitrogens with zero attached hydrogens (tertiary/aromatic N) is 2. The maximum Gasteiger partial charge on any atom is 0.178 e. The quantitative estimate of drug-likeness (QED) is 0.682.